The van der Waals surface area contributed by atoms with E-state index in [0.717, 1.165) is 0 Å². The van der Waals surface area contributed by atoms with Crippen LogP contribution in [-0.4, -0.2) is 93.2 Å². The van der Waals surface area contributed by atoms with E-state index in [-0.39, 0.29) is 31.6 Å². The van der Waals surface area contributed by atoms with Crippen LogP contribution in [0.4, 0.5) is 0 Å². The summed E-state index contributed by atoms with van der Waals surface area (Å²) >= 11 is 5.56. The molecule has 3 amide bonds. The molecule has 13 heteroatoms. The van der Waals surface area contributed by atoms with E-state index in [0.29, 0.717) is 18.6 Å². The molecule has 0 radical (unpaired) electrons. The van der Waals surface area contributed by atoms with Gasteiger partial charge in [0.25, 0.3) is 0 Å². The first-order chi connectivity index (χ1) is 14.6. The number of carboxylic acids is 2. The van der Waals surface area contributed by atoms with E-state index in [4.69, 9.17) is 10.8 Å². The van der Waals surface area contributed by atoms with Gasteiger partial charge in [0.2, 0.25) is 17.7 Å². The summed E-state index contributed by atoms with van der Waals surface area (Å²) in [6, 6.07) is -4.04. The predicted octanol–water partition coefficient (Wildman–Crippen LogP) is -1.09. The number of likely N-dealkylation sites (tertiary alicyclic amines) is 1. The fraction of sp³-hybridized carbons (Fsp3) is 0.722. The summed E-state index contributed by atoms with van der Waals surface area (Å²) in [6.07, 6.45) is 2.64. The number of carboxylic acid groups (broad SMARTS) is 2. The minimum absolute atomic E-state index is 0.0491. The number of aliphatic carboxylic acids is 2. The van der Waals surface area contributed by atoms with Crippen LogP contribution in [-0.2, 0) is 24.0 Å². The molecule has 1 saturated heterocycles. The van der Waals surface area contributed by atoms with Crippen molar-refractivity contribution in [3.8, 4) is 0 Å². The number of nitrogens with zero attached hydrogens (tertiary/aromatic N) is 1. The summed E-state index contributed by atoms with van der Waals surface area (Å²) in [5.41, 5.74) is 5.67. The van der Waals surface area contributed by atoms with E-state index < -0.39 is 53.8 Å². The van der Waals surface area contributed by atoms with Crippen molar-refractivity contribution in [2.45, 2.75) is 56.3 Å². The van der Waals surface area contributed by atoms with Gasteiger partial charge in [0.15, 0.2) is 0 Å². The number of thioether (sulfide) groups is 1. The maximum atomic E-state index is 12.9. The van der Waals surface area contributed by atoms with E-state index in [9.17, 15) is 29.1 Å². The summed E-state index contributed by atoms with van der Waals surface area (Å²) < 4.78 is 0. The van der Waals surface area contributed by atoms with Crippen LogP contribution in [0, 0.1) is 0 Å². The van der Waals surface area contributed by atoms with Gasteiger partial charge in [0.1, 0.15) is 18.1 Å². The topological polar surface area (TPSA) is 179 Å². The highest BCUT2D eigenvalue weighted by atomic mass is 32.2. The molecule has 0 aromatic carbocycles. The lowest BCUT2D eigenvalue weighted by molar-refractivity contribution is -0.144. The molecule has 1 fully saturated rings. The van der Waals surface area contributed by atoms with Crippen LogP contribution in [0.1, 0.15) is 32.1 Å². The van der Waals surface area contributed by atoms with Crippen molar-refractivity contribution in [2.24, 2.45) is 5.73 Å². The van der Waals surface area contributed by atoms with Gasteiger partial charge in [0, 0.05) is 18.7 Å². The monoisotopic (exact) mass is 478 g/mol. The molecule has 0 aliphatic carbocycles. The molecule has 6 N–H and O–H groups in total. The zero-order chi connectivity index (χ0) is 23.6. The molecule has 0 bridgehead atoms. The molecule has 4 atom stereocenters. The highest BCUT2D eigenvalue weighted by Gasteiger charge is 2.38. The molecule has 0 aromatic heterocycles. The van der Waals surface area contributed by atoms with Crippen molar-refractivity contribution in [1.29, 1.82) is 0 Å². The molecule has 0 spiro atoms. The zero-order valence-electron chi connectivity index (χ0n) is 17.3. The van der Waals surface area contributed by atoms with Gasteiger partial charge in [-0.1, -0.05) is 0 Å². The standard InChI is InChI=1S/C18H30N4O7S2/c1-31-8-6-11(18(28)29)20-16(26)13-3-2-7-22(13)17(27)12(9-30)21-15(25)10(19)4-5-14(23)24/h10-13,30H,2-9,19H2,1H3,(H,20,26)(H,21,25)(H,23,24)(H,28,29). The lowest BCUT2D eigenvalue weighted by Gasteiger charge is -2.29. The average Bonchev–Trinajstić information content (AvgIpc) is 3.22. The highest BCUT2D eigenvalue weighted by Crippen LogP contribution is 2.19. The molecule has 0 saturated carbocycles. The normalized spacial score (nSPS) is 18.7. The minimum atomic E-state index is -1.14. The SMILES string of the molecule is CSCCC(NC(=O)C1CCCN1C(=O)C(CS)NC(=O)C(N)CCC(=O)O)C(=O)O. The third kappa shape index (κ3) is 8.57. The second-order valence-electron chi connectivity index (χ2n) is 7.15. The Balaban J connectivity index is 2.77. The number of amides is 3. The highest BCUT2D eigenvalue weighted by molar-refractivity contribution is 7.98. The Bertz CT molecular complexity index is 679. The second kappa shape index (κ2) is 13.4. The lowest BCUT2D eigenvalue weighted by Crippen LogP contribution is -2.57. The average molecular weight is 479 g/mol. The molecule has 1 aliphatic heterocycles. The maximum Gasteiger partial charge on any atom is 0.326 e. The van der Waals surface area contributed by atoms with Crippen LogP contribution < -0.4 is 16.4 Å². The number of hydrogen-bond acceptors (Lipinski definition) is 8. The van der Waals surface area contributed by atoms with Crippen molar-refractivity contribution >= 4 is 54.1 Å². The molecular formula is C18H30N4O7S2. The summed E-state index contributed by atoms with van der Waals surface area (Å²) in [6.45, 7) is 0.282. The molecule has 176 valence electrons. The van der Waals surface area contributed by atoms with E-state index in [1.165, 1.54) is 16.7 Å². The summed E-state index contributed by atoms with van der Waals surface area (Å²) in [5.74, 6) is -3.49. The number of rotatable bonds is 13. The van der Waals surface area contributed by atoms with Crippen molar-refractivity contribution < 1.29 is 34.2 Å². The third-order valence-corrected chi connectivity index (χ3v) is 5.88. The van der Waals surface area contributed by atoms with Crippen molar-refractivity contribution in [3.63, 3.8) is 0 Å². The first-order valence-electron chi connectivity index (χ1n) is 9.83. The molecule has 1 heterocycles. The van der Waals surface area contributed by atoms with Crippen LogP contribution in [0.3, 0.4) is 0 Å². The van der Waals surface area contributed by atoms with Gasteiger partial charge in [-0.2, -0.15) is 24.4 Å². The van der Waals surface area contributed by atoms with Crippen molar-refractivity contribution in [1.82, 2.24) is 15.5 Å². The van der Waals surface area contributed by atoms with E-state index in [2.05, 4.69) is 23.3 Å². The maximum absolute atomic E-state index is 12.9. The fourth-order valence-corrected chi connectivity index (χ4v) is 3.86. The van der Waals surface area contributed by atoms with Crippen molar-refractivity contribution in [3.05, 3.63) is 0 Å². The Morgan fingerprint density at radius 3 is 2.39 bits per heavy atom. The first-order valence-corrected chi connectivity index (χ1v) is 11.9. The van der Waals surface area contributed by atoms with Gasteiger partial charge in [0.05, 0.1) is 6.04 Å². The van der Waals surface area contributed by atoms with E-state index in [1.807, 2.05) is 6.26 Å². The summed E-state index contributed by atoms with van der Waals surface area (Å²) in [4.78, 5) is 61.1. The minimum Gasteiger partial charge on any atom is -0.481 e. The van der Waals surface area contributed by atoms with Crippen LogP contribution >= 0.6 is 24.4 Å². The Kier molecular flexibility index (Phi) is 11.7. The molecule has 1 rings (SSSR count). The molecule has 1 aliphatic rings. The van der Waals surface area contributed by atoms with E-state index >= 15 is 0 Å². The Labute approximate surface area is 190 Å². The molecule has 0 aromatic rings. The molecule has 4 unspecified atom stereocenters. The Morgan fingerprint density at radius 2 is 1.84 bits per heavy atom. The van der Waals surface area contributed by atoms with E-state index in [1.54, 1.807) is 0 Å². The molecular weight excluding hydrogens is 448 g/mol. The fourth-order valence-electron chi connectivity index (χ4n) is 3.14. The predicted molar refractivity (Wildman–Crippen MR) is 118 cm³/mol. The Hall–Kier alpha value is -1.99. The lowest BCUT2D eigenvalue weighted by atomic mass is 10.1. The number of hydrogen-bond donors (Lipinski definition) is 6. The van der Waals surface area contributed by atoms with Gasteiger partial charge in [-0.05, 0) is 37.7 Å². The van der Waals surface area contributed by atoms with Crippen LogP contribution in [0.15, 0.2) is 0 Å². The van der Waals surface area contributed by atoms with Gasteiger partial charge >= 0.3 is 11.9 Å². The number of thiol groups is 1. The second-order valence-corrected chi connectivity index (χ2v) is 8.50. The summed E-state index contributed by atoms with van der Waals surface area (Å²) in [5, 5.41) is 23.0. The zero-order valence-corrected chi connectivity index (χ0v) is 19.0. The largest absolute Gasteiger partial charge is 0.481 e. The summed E-state index contributed by atoms with van der Waals surface area (Å²) in [7, 11) is 0. The number of nitrogens with one attached hydrogen (secondary N) is 2. The first kappa shape index (κ1) is 27.0. The number of carbonyl (C=O) groups is 5. The smallest absolute Gasteiger partial charge is 0.326 e. The van der Waals surface area contributed by atoms with Crippen LogP contribution in [0.25, 0.3) is 0 Å². The third-order valence-electron chi connectivity index (χ3n) is 4.87. The number of nitrogens with two attached hydrogens (primary N) is 1. The van der Waals surface area contributed by atoms with Crippen LogP contribution in [0.5, 0.6) is 0 Å². The number of carbonyl (C=O) groups excluding carboxylic acids is 3. The van der Waals surface area contributed by atoms with Gasteiger partial charge < -0.3 is 31.5 Å². The Morgan fingerprint density at radius 1 is 1.16 bits per heavy atom. The van der Waals surface area contributed by atoms with Gasteiger partial charge in [-0.25, -0.2) is 4.79 Å². The molecule has 31 heavy (non-hydrogen) atoms. The quantitative estimate of drug-likeness (QED) is 0.179. The molecule has 11 nitrogen and oxygen atoms in total. The van der Waals surface area contributed by atoms with Crippen molar-refractivity contribution in [2.75, 3.05) is 24.3 Å². The van der Waals surface area contributed by atoms with Crippen LogP contribution in [0.2, 0.25) is 0 Å². The van der Waals surface area contributed by atoms with Gasteiger partial charge in [-0.15, -0.1) is 0 Å². The van der Waals surface area contributed by atoms with Gasteiger partial charge in [-0.3, -0.25) is 19.2 Å².